The Bertz CT molecular complexity index is 1400. The molecule has 1 N–H and O–H groups in total. The van der Waals surface area contributed by atoms with Crippen LogP contribution < -0.4 is 9.62 Å². The number of carbonyl (C=O) groups is 2. The van der Waals surface area contributed by atoms with Crippen molar-refractivity contribution in [2.75, 3.05) is 17.4 Å². The number of hydrogen-bond acceptors (Lipinski definition) is 4. The SMILES string of the molecule is CCCCNC(=O)C(C)N(Cc1cccc(Br)c1)C(=O)CN(c1ccccc1C)S(=O)(=O)c1ccc(Cl)cc1. The molecule has 3 rings (SSSR count). The molecule has 0 fully saturated rings. The van der Waals surface area contributed by atoms with Gasteiger partial charge in [-0.05, 0) is 73.9 Å². The van der Waals surface area contributed by atoms with E-state index in [-0.39, 0.29) is 17.3 Å². The van der Waals surface area contributed by atoms with Crippen LogP contribution in [-0.4, -0.2) is 44.3 Å². The van der Waals surface area contributed by atoms with E-state index in [1.807, 2.05) is 31.2 Å². The summed E-state index contributed by atoms with van der Waals surface area (Å²) < 4.78 is 29.7. The molecule has 0 aromatic heterocycles. The van der Waals surface area contributed by atoms with Crippen LogP contribution in [0.2, 0.25) is 5.02 Å². The van der Waals surface area contributed by atoms with Crippen LogP contribution in [0.1, 0.15) is 37.8 Å². The lowest BCUT2D eigenvalue weighted by molar-refractivity contribution is -0.139. The summed E-state index contributed by atoms with van der Waals surface area (Å²) in [5.74, 6) is -0.802. The maximum absolute atomic E-state index is 13.9. The second-order valence-electron chi connectivity index (χ2n) is 9.22. The topological polar surface area (TPSA) is 86.8 Å². The van der Waals surface area contributed by atoms with Crippen LogP contribution in [0.3, 0.4) is 0 Å². The smallest absolute Gasteiger partial charge is 0.264 e. The normalized spacial score (nSPS) is 12.0. The van der Waals surface area contributed by atoms with Gasteiger partial charge in [-0.1, -0.05) is 71.2 Å². The van der Waals surface area contributed by atoms with E-state index >= 15 is 0 Å². The summed E-state index contributed by atoms with van der Waals surface area (Å²) in [7, 11) is -4.15. The fourth-order valence-electron chi connectivity index (χ4n) is 4.04. The number of para-hydroxylation sites is 1. The molecule has 0 saturated heterocycles. The number of nitrogens with zero attached hydrogens (tertiary/aromatic N) is 2. The van der Waals surface area contributed by atoms with Gasteiger partial charge in [-0.2, -0.15) is 0 Å². The van der Waals surface area contributed by atoms with Crippen molar-refractivity contribution in [3.05, 3.63) is 93.4 Å². The van der Waals surface area contributed by atoms with E-state index in [1.165, 1.54) is 29.2 Å². The minimum Gasteiger partial charge on any atom is -0.354 e. The highest BCUT2D eigenvalue weighted by Crippen LogP contribution is 2.28. The van der Waals surface area contributed by atoms with Gasteiger partial charge in [-0.25, -0.2) is 8.42 Å². The van der Waals surface area contributed by atoms with Crippen molar-refractivity contribution in [3.8, 4) is 0 Å². The van der Waals surface area contributed by atoms with Gasteiger partial charge in [-0.3, -0.25) is 13.9 Å². The van der Waals surface area contributed by atoms with Crippen molar-refractivity contribution in [1.82, 2.24) is 10.2 Å². The molecule has 0 radical (unpaired) electrons. The monoisotopic (exact) mass is 633 g/mol. The number of amides is 2. The van der Waals surface area contributed by atoms with E-state index in [2.05, 4.69) is 21.2 Å². The lowest BCUT2D eigenvalue weighted by atomic mass is 10.1. The third-order valence-corrected chi connectivity index (χ3v) is 8.82. The summed E-state index contributed by atoms with van der Waals surface area (Å²) in [6.07, 6.45) is 1.74. The Balaban J connectivity index is 2.01. The summed E-state index contributed by atoms with van der Waals surface area (Å²) in [6, 6.07) is 19.4. The lowest BCUT2D eigenvalue weighted by Crippen LogP contribution is -2.51. The second-order valence-corrected chi connectivity index (χ2v) is 12.4. The Morgan fingerprint density at radius 1 is 1.03 bits per heavy atom. The van der Waals surface area contributed by atoms with Crippen molar-refractivity contribution in [2.45, 2.75) is 51.1 Å². The van der Waals surface area contributed by atoms with E-state index < -0.39 is 28.5 Å². The highest BCUT2D eigenvalue weighted by Gasteiger charge is 2.33. The van der Waals surface area contributed by atoms with Crippen molar-refractivity contribution in [1.29, 1.82) is 0 Å². The standard InChI is InChI=1S/C29H33BrClN3O4S/c1-4-5-17-32-29(36)22(3)33(19-23-10-8-11-24(30)18-23)28(35)20-34(27-12-7-6-9-21(27)2)39(37,38)26-15-13-25(31)14-16-26/h6-16,18,22H,4-5,17,19-20H2,1-3H3,(H,32,36). The molecule has 0 aliphatic heterocycles. The number of hydrogen-bond donors (Lipinski definition) is 1. The number of nitrogens with one attached hydrogen (secondary N) is 1. The first kappa shape index (κ1) is 30.7. The van der Waals surface area contributed by atoms with Crippen LogP contribution in [0, 0.1) is 6.92 Å². The third kappa shape index (κ3) is 8.06. The average Bonchev–Trinajstić information content (AvgIpc) is 2.90. The quantitative estimate of drug-likeness (QED) is 0.250. The molecule has 208 valence electrons. The predicted octanol–water partition coefficient (Wildman–Crippen LogP) is 5.94. The number of sulfonamides is 1. The number of halogens is 2. The highest BCUT2D eigenvalue weighted by atomic mass is 79.9. The van der Waals surface area contributed by atoms with Gasteiger partial charge in [0.1, 0.15) is 12.6 Å². The number of aryl methyl sites for hydroxylation is 1. The number of carbonyl (C=O) groups excluding carboxylic acids is 2. The van der Waals surface area contributed by atoms with E-state index in [9.17, 15) is 18.0 Å². The van der Waals surface area contributed by atoms with Gasteiger partial charge in [0.15, 0.2) is 0 Å². The number of benzene rings is 3. The first-order chi connectivity index (χ1) is 18.5. The van der Waals surface area contributed by atoms with Crippen LogP contribution >= 0.6 is 27.5 Å². The highest BCUT2D eigenvalue weighted by molar-refractivity contribution is 9.10. The first-order valence-electron chi connectivity index (χ1n) is 12.7. The van der Waals surface area contributed by atoms with E-state index in [0.717, 1.165) is 27.2 Å². The number of rotatable bonds is 12. The number of anilines is 1. The summed E-state index contributed by atoms with van der Waals surface area (Å²) in [5.41, 5.74) is 1.86. The summed E-state index contributed by atoms with van der Waals surface area (Å²) in [5, 5.41) is 3.28. The Morgan fingerprint density at radius 3 is 2.36 bits per heavy atom. The minimum atomic E-state index is -4.15. The van der Waals surface area contributed by atoms with E-state index in [4.69, 9.17) is 11.6 Å². The Labute approximate surface area is 244 Å². The number of unbranched alkanes of at least 4 members (excludes halogenated alkanes) is 1. The molecule has 10 heteroatoms. The summed E-state index contributed by atoms with van der Waals surface area (Å²) in [4.78, 5) is 28.4. The van der Waals surface area contributed by atoms with Crippen LogP contribution in [0.5, 0.6) is 0 Å². The molecule has 0 aliphatic rings. The third-order valence-electron chi connectivity index (χ3n) is 6.30. The van der Waals surface area contributed by atoms with Crippen molar-refractivity contribution in [2.24, 2.45) is 0 Å². The van der Waals surface area contributed by atoms with Gasteiger partial charge in [0, 0.05) is 22.6 Å². The largest absolute Gasteiger partial charge is 0.354 e. The zero-order valence-corrected chi connectivity index (χ0v) is 25.4. The van der Waals surface area contributed by atoms with Crippen LogP contribution in [-0.2, 0) is 26.2 Å². The first-order valence-corrected chi connectivity index (χ1v) is 15.3. The van der Waals surface area contributed by atoms with Crippen LogP contribution in [0.15, 0.2) is 82.2 Å². The zero-order chi connectivity index (χ0) is 28.6. The van der Waals surface area contributed by atoms with E-state index in [1.54, 1.807) is 38.1 Å². The summed E-state index contributed by atoms with van der Waals surface area (Å²) in [6.45, 7) is 5.61. The molecule has 0 saturated carbocycles. The molecule has 0 spiro atoms. The van der Waals surface area contributed by atoms with Gasteiger partial charge in [0.05, 0.1) is 10.6 Å². The molecule has 39 heavy (non-hydrogen) atoms. The predicted molar refractivity (Wildman–Crippen MR) is 159 cm³/mol. The molecule has 3 aromatic carbocycles. The second kappa shape index (κ2) is 14.0. The molecule has 0 heterocycles. The van der Waals surface area contributed by atoms with Gasteiger partial charge >= 0.3 is 0 Å². The Hall–Kier alpha value is -2.88. The summed E-state index contributed by atoms with van der Waals surface area (Å²) >= 11 is 9.45. The van der Waals surface area contributed by atoms with Crippen LogP contribution in [0.4, 0.5) is 5.69 Å². The molecule has 0 aliphatic carbocycles. The zero-order valence-electron chi connectivity index (χ0n) is 22.2. The van der Waals surface area contributed by atoms with Crippen LogP contribution in [0.25, 0.3) is 0 Å². The van der Waals surface area contributed by atoms with Gasteiger partial charge < -0.3 is 10.2 Å². The van der Waals surface area contributed by atoms with Crippen molar-refractivity contribution in [3.63, 3.8) is 0 Å². The fraction of sp³-hybridized carbons (Fsp3) is 0.310. The van der Waals surface area contributed by atoms with Crippen molar-refractivity contribution < 1.29 is 18.0 Å². The molecule has 2 amide bonds. The molecular weight excluding hydrogens is 602 g/mol. The average molecular weight is 635 g/mol. The Kier molecular flexibility index (Phi) is 11.0. The Morgan fingerprint density at radius 2 is 1.72 bits per heavy atom. The molecule has 1 atom stereocenters. The molecule has 0 bridgehead atoms. The molecule has 7 nitrogen and oxygen atoms in total. The molecular formula is C29H33BrClN3O4S. The minimum absolute atomic E-state index is 0.00634. The van der Waals surface area contributed by atoms with E-state index in [0.29, 0.717) is 22.8 Å². The lowest BCUT2D eigenvalue weighted by Gasteiger charge is -2.32. The fourth-order valence-corrected chi connectivity index (χ4v) is 6.09. The van der Waals surface area contributed by atoms with Gasteiger partial charge in [0.2, 0.25) is 11.8 Å². The van der Waals surface area contributed by atoms with Gasteiger partial charge in [0.25, 0.3) is 10.0 Å². The maximum atomic E-state index is 13.9. The molecule has 1 unspecified atom stereocenters. The van der Waals surface area contributed by atoms with Crippen molar-refractivity contribution >= 4 is 55.1 Å². The molecule has 3 aromatic rings. The van der Waals surface area contributed by atoms with Gasteiger partial charge in [-0.15, -0.1) is 0 Å². The maximum Gasteiger partial charge on any atom is 0.264 e.